The summed E-state index contributed by atoms with van der Waals surface area (Å²) in [6, 6.07) is 5.56. The number of nitro groups is 1. The third-order valence-electron chi connectivity index (χ3n) is 1.22. The van der Waals surface area contributed by atoms with Crippen molar-refractivity contribution in [3.05, 3.63) is 34.4 Å². The van der Waals surface area contributed by atoms with E-state index in [-0.39, 0.29) is 5.69 Å². The van der Waals surface area contributed by atoms with Crippen LogP contribution in [0.2, 0.25) is 0 Å². The summed E-state index contributed by atoms with van der Waals surface area (Å²) in [5.74, 6) is 0. The van der Waals surface area contributed by atoms with E-state index in [1.54, 1.807) is 0 Å². The Balaban J connectivity index is 3.10. The van der Waals surface area contributed by atoms with Crippen molar-refractivity contribution in [2.45, 2.75) is 0 Å². The van der Waals surface area contributed by atoms with Crippen molar-refractivity contribution in [2.75, 3.05) is 0 Å². The molecule has 0 amide bonds. The van der Waals surface area contributed by atoms with Gasteiger partial charge in [-0.1, -0.05) is 0 Å². The minimum atomic E-state index is -0.535. The van der Waals surface area contributed by atoms with Crippen molar-refractivity contribution in [3.8, 4) is 0 Å². The van der Waals surface area contributed by atoms with Gasteiger partial charge in [-0.2, -0.15) is 0 Å². The van der Waals surface area contributed by atoms with Crippen LogP contribution in [0, 0.1) is 10.1 Å². The molecule has 0 aliphatic rings. The zero-order chi connectivity index (χ0) is 8.27. The average molecular weight is 149 g/mol. The van der Waals surface area contributed by atoms with Crippen molar-refractivity contribution in [2.24, 2.45) is 0 Å². The van der Waals surface area contributed by atoms with Gasteiger partial charge in [-0.25, -0.2) is 0 Å². The number of hydrogen-bond acceptors (Lipinski definition) is 3. The second-order valence-electron chi connectivity index (χ2n) is 1.97. The van der Waals surface area contributed by atoms with Crippen LogP contribution in [0.1, 0.15) is 0 Å². The van der Waals surface area contributed by atoms with E-state index < -0.39 is 4.92 Å². The number of benzene rings is 1. The Bertz CT molecular complexity index is 300. The molecule has 5 heteroatoms. The molecule has 0 aliphatic carbocycles. The van der Waals surface area contributed by atoms with Crippen LogP contribution in [0.4, 0.5) is 5.69 Å². The zero-order valence-corrected chi connectivity index (χ0v) is 5.56. The summed E-state index contributed by atoms with van der Waals surface area (Å²) in [5, 5.41) is 10.2. The fourth-order valence-corrected chi connectivity index (χ4v) is 0.712. The van der Waals surface area contributed by atoms with Crippen molar-refractivity contribution < 1.29 is 9.63 Å². The van der Waals surface area contributed by atoms with Crippen molar-refractivity contribution >= 4 is 18.3 Å². The van der Waals surface area contributed by atoms with Crippen molar-refractivity contribution in [1.29, 1.82) is 0 Å². The molecule has 0 unspecified atom stereocenters. The molecule has 1 aromatic carbocycles. The Morgan fingerprint density at radius 1 is 1.45 bits per heavy atom. The average Bonchev–Trinajstić information content (AvgIpc) is 2.05. The number of hydrogen-bond donors (Lipinski definition) is 0. The van der Waals surface area contributed by atoms with Gasteiger partial charge in [0, 0.05) is 0 Å². The van der Waals surface area contributed by atoms with Gasteiger partial charge >= 0.3 is 62.3 Å². The van der Waals surface area contributed by atoms with Gasteiger partial charge in [0.1, 0.15) is 0 Å². The summed E-state index contributed by atoms with van der Waals surface area (Å²) in [7, 11) is 0.576. The molecule has 0 spiro atoms. The third-order valence-corrected chi connectivity index (χ3v) is 1.22. The Kier molecular flexibility index (Phi) is 2.10. The van der Waals surface area contributed by atoms with Gasteiger partial charge in [0.05, 0.1) is 0 Å². The minimum absolute atomic E-state index is 0.0606. The van der Waals surface area contributed by atoms with E-state index in [1.165, 1.54) is 24.3 Å². The summed E-state index contributed by atoms with van der Waals surface area (Å²) in [4.78, 5) is 9.62. The van der Waals surface area contributed by atoms with E-state index in [0.717, 1.165) is 0 Å². The monoisotopic (exact) mass is 149 g/mol. The SMILES string of the molecule is O=Bc1cccc([N+](=O)[O-])c1. The molecule has 0 bridgehead atoms. The second kappa shape index (κ2) is 3.05. The molecule has 0 radical (unpaired) electrons. The van der Waals surface area contributed by atoms with Gasteiger partial charge in [0.15, 0.2) is 0 Å². The molecule has 0 N–H and O–H groups in total. The van der Waals surface area contributed by atoms with Crippen LogP contribution >= 0.6 is 0 Å². The quantitative estimate of drug-likeness (QED) is 0.344. The van der Waals surface area contributed by atoms with Crippen molar-refractivity contribution in [3.63, 3.8) is 0 Å². The van der Waals surface area contributed by atoms with Crippen LogP contribution in [0.15, 0.2) is 24.3 Å². The topological polar surface area (TPSA) is 60.2 Å². The van der Waals surface area contributed by atoms with E-state index in [9.17, 15) is 14.8 Å². The van der Waals surface area contributed by atoms with E-state index in [0.29, 0.717) is 12.6 Å². The molecule has 0 atom stereocenters. The zero-order valence-electron chi connectivity index (χ0n) is 5.56. The van der Waals surface area contributed by atoms with Crippen molar-refractivity contribution in [1.82, 2.24) is 0 Å². The van der Waals surface area contributed by atoms with E-state index in [2.05, 4.69) is 0 Å². The second-order valence-corrected chi connectivity index (χ2v) is 1.97. The number of nitrogens with zero attached hydrogens (tertiary/aromatic N) is 1. The molecule has 54 valence electrons. The first-order valence-corrected chi connectivity index (χ1v) is 2.93. The molecule has 1 aromatic rings. The molecule has 0 aromatic heterocycles. The van der Waals surface area contributed by atoms with Crippen LogP contribution in [0.5, 0.6) is 0 Å². The van der Waals surface area contributed by atoms with Gasteiger partial charge in [0.2, 0.25) is 0 Å². The first kappa shape index (κ1) is 7.59. The third kappa shape index (κ3) is 1.70. The molecular formula is C6H4BNO3. The summed E-state index contributed by atoms with van der Waals surface area (Å²) in [6.07, 6.45) is 0. The predicted octanol–water partition coefficient (Wildman–Crippen LogP) is 0.270. The van der Waals surface area contributed by atoms with Gasteiger partial charge in [-0.3, -0.25) is 0 Å². The molecule has 0 fully saturated rings. The molecule has 1 rings (SSSR count). The normalized spacial score (nSPS) is 8.73. The predicted molar refractivity (Wildman–Crippen MR) is 39.2 cm³/mol. The van der Waals surface area contributed by atoms with Crippen LogP contribution < -0.4 is 5.46 Å². The molecule has 0 saturated heterocycles. The summed E-state index contributed by atoms with van der Waals surface area (Å²) >= 11 is 0. The van der Waals surface area contributed by atoms with Gasteiger partial charge in [0.25, 0.3) is 0 Å². The van der Waals surface area contributed by atoms with Crippen LogP contribution in [-0.2, 0) is 4.70 Å². The van der Waals surface area contributed by atoms with E-state index >= 15 is 0 Å². The fourth-order valence-electron chi connectivity index (χ4n) is 0.712. The number of rotatable bonds is 2. The Labute approximate surface area is 63.2 Å². The Morgan fingerprint density at radius 2 is 2.18 bits per heavy atom. The number of non-ortho nitro benzene ring substituents is 1. The fraction of sp³-hybridized carbons (Fsp3) is 0. The standard InChI is InChI=1S/C6H4BNO3/c9-7-5-2-1-3-6(4-5)8(10)11/h1-4H. The first-order valence-electron chi connectivity index (χ1n) is 2.93. The number of nitro benzene ring substituents is 1. The molecule has 0 saturated carbocycles. The van der Waals surface area contributed by atoms with Crippen LogP contribution in [0.3, 0.4) is 0 Å². The molecule has 0 aliphatic heterocycles. The molecule has 11 heavy (non-hydrogen) atoms. The van der Waals surface area contributed by atoms with Crippen LogP contribution in [0.25, 0.3) is 0 Å². The summed E-state index contributed by atoms with van der Waals surface area (Å²) in [5.41, 5.74) is 0.258. The molecule has 4 nitrogen and oxygen atoms in total. The Morgan fingerprint density at radius 3 is 2.73 bits per heavy atom. The summed E-state index contributed by atoms with van der Waals surface area (Å²) < 4.78 is 10.2. The van der Waals surface area contributed by atoms with Gasteiger partial charge < -0.3 is 0 Å². The van der Waals surface area contributed by atoms with Crippen LogP contribution in [-0.4, -0.2) is 12.1 Å². The summed E-state index contributed by atoms with van der Waals surface area (Å²) in [6.45, 7) is 0. The van der Waals surface area contributed by atoms with E-state index in [1.807, 2.05) is 0 Å². The van der Waals surface area contributed by atoms with Gasteiger partial charge in [-0.15, -0.1) is 0 Å². The van der Waals surface area contributed by atoms with Gasteiger partial charge in [-0.05, 0) is 0 Å². The molecule has 0 heterocycles. The first-order chi connectivity index (χ1) is 5.24. The maximum absolute atomic E-state index is 10.2. The van der Waals surface area contributed by atoms with E-state index in [4.69, 9.17) is 0 Å². The molecular weight excluding hydrogens is 145 g/mol. The maximum atomic E-state index is 10.2. The Hall–Kier alpha value is -1.52.